The maximum absolute atomic E-state index is 13.7. The number of hydrazine groups is 1. The van der Waals surface area contributed by atoms with E-state index in [4.69, 9.17) is 10.3 Å². The van der Waals surface area contributed by atoms with Gasteiger partial charge in [0, 0.05) is 12.0 Å². The van der Waals surface area contributed by atoms with Crippen LogP contribution in [0.1, 0.15) is 30.0 Å². The number of hydrogen-bond donors (Lipinski definition) is 2. The third-order valence-electron chi connectivity index (χ3n) is 2.86. The maximum Gasteiger partial charge on any atom is 0.194 e. The molecule has 0 aliphatic heterocycles. The molecule has 0 aliphatic carbocycles. The molecule has 102 valence electrons. The fourth-order valence-corrected chi connectivity index (χ4v) is 1.83. The van der Waals surface area contributed by atoms with Crippen molar-refractivity contribution < 1.29 is 17.6 Å². The number of furan rings is 1. The van der Waals surface area contributed by atoms with Crippen molar-refractivity contribution >= 4 is 0 Å². The van der Waals surface area contributed by atoms with Crippen LogP contribution in [0, 0.1) is 17.5 Å². The summed E-state index contributed by atoms with van der Waals surface area (Å²) in [6, 6.07) is 4.44. The smallest absolute Gasteiger partial charge is 0.194 e. The molecule has 1 aromatic heterocycles. The van der Waals surface area contributed by atoms with Crippen molar-refractivity contribution in [2.45, 2.75) is 19.4 Å². The molecule has 3 nitrogen and oxygen atoms in total. The van der Waals surface area contributed by atoms with E-state index in [0.717, 1.165) is 12.1 Å². The summed E-state index contributed by atoms with van der Waals surface area (Å²) in [6.07, 6.45) is 0.664. The minimum Gasteiger partial charge on any atom is -0.464 e. The van der Waals surface area contributed by atoms with Crippen LogP contribution in [0.25, 0.3) is 0 Å². The lowest BCUT2D eigenvalue weighted by atomic mass is 10.0. The number of benzene rings is 1. The van der Waals surface area contributed by atoms with Gasteiger partial charge in [0.1, 0.15) is 17.6 Å². The summed E-state index contributed by atoms with van der Waals surface area (Å²) in [7, 11) is 0. The van der Waals surface area contributed by atoms with Gasteiger partial charge < -0.3 is 4.42 Å². The summed E-state index contributed by atoms with van der Waals surface area (Å²) in [5.74, 6) is 2.33. The highest BCUT2D eigenvalue weighted by Gasteiger charge is 2.23. The highest BCUT2D eigenvalue weighted by molar-refractivity contribution is 5.29. The molecule has 1 heterocycles. The second-order valence-corrected chi connectivity index (χ2v) is 4.02. The van der Waals surface area contributed by atoms with Crippen LogP contribution < -0.4 is 11.3 Å². The molecule has 3 N–H and O–H groups in total. The van der Waals surface area contributed by atoms with Crippen molar-refractivity contribution in [3.8, 4) is 0 Å². The molecule has 0 amide bonds. The van der Waals surface area contributed by atoms with Crippen LogP contribution in [0.3, 0.4) is 0 Å². The summed E-state index contributed by atoms with van der Waals surface area (Å²) in [4.78, 5) is 0. The Kier molecular flexibility index (Phi) is 3.92. The van der Waals surface area contributed by atoms with E-state index < -0.39 is 23.5 Å². The zero-order valence-corrected chi connectivity index (χ0v) is 10.2. The number of rotatable bonds is 4. The molecule has 2 rings (SSSR count). The zero-order chi connectivity index (χ0) is 14.0. The first-order valence-electron chi connectivity index (χ1n) is 5.76. The Labute approximate surface area is 108 Å². The van der Waals surface area contributed by atoms with Gasteiger partial charge in [-0.25, -0.2) is 18.6 Å². The monoisotopic (exact) mass is 270 g/mol. The van der Waals surface area contributed by atoms with Gasteiger partial charge in [0.2, 0.25) is 0 Å². The Hall–Kier alpha value is -1.79. The largest absolute Gasteiger partial charge is 0.464 e. The van der Waals surface area contributed by atoms with Gasteiger partial charge in [0.05, 0.1) is 0 Å². The Morgan fingerprint density at radius 1 is 1.16 bits per heavy atom. The van der Waals surface area contributed by atoms with Gasteiger partial charge in [-0.1, -0.05) is 13.0 Å². The van der Waals surface area contributed by atoms with Gasteiger partial charge in [0.15, 0.2) is 17.5 Å². The molecule has 1 unspecified atom stereocenters. The van der Waals surface area contributed by atoms with Crippen LogP contribution >= 0.6 is 0 Å². The second kappa shape index (κ2) is 5.46. The molecule has 0 spiro atoms. The first-order valence-corrected chi connectivity index (χ1v) is 5.76. The van der Waals surface area contributed by atoms with Crippen molar-refractivity contribution in [2.75, 3.05) is 0 Å². The molecule has 19 heavy (non-hydrogen) atoms. The Bertz CT molecular complexity index is 583. The fourth-order valence-electron chi connectivity index (χ4n) is 1.83. The van der Waals surface area contributed by atoms with Crippen LogP contribution in [0.4, 0.5) is 13.2 Å². The van der Waals surface area contributed by atoms with E-state index in [1.807, 2.05) is 6.92 Å². The van der Waals surface area contributed by atoms with E-state index in [1.165, 1.54) is 0 Å². The summed E-state index contributed by atoms with van der Waals surface area (Å²) < 4.78 is 45.3. The third kappa shape index (κ3) is 2.50. The first-order chi connectivity index (χ1) is 9.08. The summed E-state index contributed by atoms with van der Waals surface area (Å²) in [5, 5.41) is 0. The molecule has 1 atom stereocenters. The average molecular weight is 270 g/mol. The summed E-state index contributed by atoms with van der Waals surface area (Å²) >= 11 is 0. The molecular weight excluding hydrogens is 257 g/mol. The van der Waals surface area contributed by atoms with E-state index in [2.05, 4.69) is 5.43 Å². The van der Waals surface area contributed by atoms with Crippen LogP contribution in [0.15, 0.2) is 28.7 Å². The van der Waals surface area contributed by atoms with Gasteiger partial charge in [-0.2, -0.15) is 0 Å². The minimum atomic E-state index is -1.53. The minimum absolute atomic E-state index is 0.113. The average Bonchev–Trinajstić information content (AvgIpc) is 2.88. The SMILES string of the molecule is CCc1ccc(C(NN)c2ccc(F)c(F)c2F)o1. The summed E-state index contributed by atoms with van der Waals surface area (Å²) in [5.41, 5.74) is 2.22. The zero-order valence-electron chi connectivity index (χ0n) is 10.2. The van der Waals surface area contributed by atoms with E-state index in [0.29, 0.717) is 17.9 Å². The van der Waals surface area contributed by atoms with Gasteiger partial charge in [-0.15, -0.1) is 0 Å². The summed E-state index contributed by atoms with van der Waals surface area (Å²) in [6.45, 7) is 1.89. The van der Waals surface area contributed by atoms with Crippen LogP contribution in [0.5, 0.6) is 0 Å². The molecule has 0 saturated heterocycles. The molecule has 1 aromatic carbocycles. The van der Waals surface area contributed by atoms with Crippen molar-refractivity contribution in [1.82, 2.24) is 5.43 Å². The van der Waals surface area contributed by atoms with Gasteiger partial charge in [0.25, 0.3) is 0 Å². The Morgan fingerprint density at radius 2 is 1.89 bits per heavy atom. The molecule has 0 fully saturated rings. The lowest BCUT2D eigenvalue weighted by molar-refractivity contribution is 0.401. The van der Waals surface area contributed by atoms with Gasteiger partial charge >= 0.3 is 0 Å². The van der Waals surface area contributed by atoms with Crippen LogP contribution in [0.2, 0.25) is 0 Å². The van der Waals surface area contributed by atoms with E-state index in [1.54, 1.807) is 12.1 Å². The lowest BCUT2D eigenvalue weighted by Gasteiger charge is -2.15. The molecule has 6 heteroatoms. The van der Waals surface area contributed by atoms with Gasteiger partial charge in [-0.3, -0.25) is 5.84 Å². The molecule has 0 aliphatic rings. The van der Waals surface area contributed by atoms with Crippen LogP contribution in [-0.2, 0) is 6.42 Å². The first kappa shape index (κ1) is 13.6. The van der Waals surface area contributed by atoms with E-state index in [-0.39, 0.29) is 5.56 Å². The van der Waals surface area contributed by atoms with E-state index >= 15 is 0 Å². The molecule has 0 saturated carbocycles. The predicted molar refractivity (Wildman–Crippen MR) is 63.6 cm³/mol. The molecular formula is C13H13F3N2O. The van der Waals surface area contributed by atoms with Crippen molar-refractivity contribution in [2.24, 2.45) is 5.84 Å². The highest BCUT2D eigenvalue weighted by Crippen LogP contribution is 2.27. The number of nitrogens with one attached hydrogen (secondary N) is 1. The second-order valence-electron chi connectivity index (χ2n) is 4.02. The quantitative estimate of drug-likeness (QED) is 0.510. The van der Waals surface area contributed by atoms with Crippen molar-refractivity contribution in [3.63, 3.8) is 0 Å². The number of aryl methyl sites for hydroxylation is 1. The van der Waals surface area contributed by atoms with Crippen molar-refractivity contribution in [3.05, 3.63) is 58.8 Å². The number of halogens is 3. The molecule has 0 radical (unpaired) electrons. The number of hydrogen-bond acceptors (Lipinski definition) is 3. The lowest BCUT2D eigenvalue weighted by Crippen LogP contribution is -2.29. The maximum atomic E-state index is 13.7. The topological polar surface area (TPSA) is 51.2 Å². The molecule has 0 bridgehead atoms. The molecule has 2 aromatic rings. The van der Waals surface area contributed by atoms with Crippen LogP contribution in [-0.4, -0.2) is 0 Å². The van der Waals surface area contributed by atoms with Crippen molar-refractivity contribution in [1.29, 1.82) is 0 Å². The highest BCUT2D eigenvalue weighted by atomic mass is 19.2. The van der Waals surface area contributed by atoms with Gasteiger partial charge in [-0.05, 0) is 18.2 Å². The number of nitrogens with two attached hydrogens (primary N) is 1. The standard InChI is InChI=1S/C13H13F3N2O/c1-2-7-3-6-10(19-7)13(18-17)8-4-5-9(14)12(16)11(8)15/h3-6,13,18H,2,17H2,1H3. The Balaban J connectivity index is 2.45. The fraction of sp³-hybridized carbons (Fsp3) is 0.231. The predicted octanol–water partition coefficient (Wildman–Crippen LogP) is 2.81. The normalized spacial score (nSPS) is 12.7. The Morgan fingerprint density at radius 3 is 2.47 bits per heavy atom. The third-order valence-corrected chi connectivity index (χ3v) is 2.86. The van der Waals surface area contributed by atoms with E-state index in [9.17, 15) is 13.2 Å².